The maximum absolute atomic E-state index is 9.71. The number of phenolic OH excluding ortho intramolecular Hbond substituents is 1. The van der Waals surface area contributed by atoms with E-state index in [1.807, 2.05) is 48.7 Å². The summed E-state index contributed by atoms with van der Waals surface area (Å²) in [5, 5.41) is 12.1. The summed E-state index contributed by atoms with van der Waals surface area (Å²) in [4.78, 5) is 7.77. The Morgan fingerprint density at radius 1 is 0.923 bits per heavy atom. The number of aliphatic imine (C=N–C) groups is 1. The molecule has 0 atom stereocenters. The van der Waals surface area contributed by atoms with E-state index in [-0.39, 0.29) is 0 Å². The van der Waals surface area contributed by atoms with Crippen molar-refractivity contribution in [1.82, 2.24) is 4.98 Å². The van der Waals surface area contributed by atoms with Crippen LogP contribution in [0.4, 0.5) is 0 Å². The molecular weight excluding hydrogens is 324 g/mol. The van der Waals surface area contributed by atoms with E-state index >= 15 is 0 Å². The number of nitrogens with one attached hydrogen (secondary N) is 1. The third-order valence-corrected chi connectivity index (χ3v) is 4.40. The van der Waals surface area contributed by atoms with Gasteiger partial charge in [0.15, 0.2) is 0 Å². The van der Waals surface area contributed by atoms with Crippen LogP contribution in [0.1, 0.15) is 5.56 Å². The van der Waals surface area contributed by atoms with Gasteiger partial charge in [0.25, 0.3) is 0 Å². The smallest absolute Gasteiger partial charge is 0.121 e. The summed E-state index contributed by atoms with van der Waals surface area (Å²) >= 11 is 0. The molecule has 0 aliphatic rings. The number of nitrogens with zero attached hydrogens (tertiary/aromatic N) is 1. The average molecular weight is 344 g/mol. The Kier molecular flexibility index (Phi) is 4.56. The Morgan fingerprint density at radius 2 is 1.73 bits per heavy atom. The van der Waals surface area contributed by atoms with E-state index in [0.717, 1.165) is 22.3 Å². The molecule has 0 unspecified atom stereocenters. The number of aromatic amines is 1. The molecule has 0 aliphatic heterocycles. The summed E-state index contributed by atoms with van der Waals surface area (Å²) in [6.07, 6.45) is 2.44. The highest BCUT2D eigenvalue weighted by molar-refractivity contribution is 6.07. The molecule has 0 fully saturated rings. The first-order chi connectivity index (χ1) is 12.8. The van der Waals surface area contributed by atoms with Gasteiger partial charge < -0.3 is 14.8 Å². The van der Waals surface area contributed by atoms with Crippen LogP contribution in [0.5, 0.6) is 11.5 Å². The Labute approximate surface area is 151 Å². The summed E-state index contributed by atoms with van der Waals surface area (Å²) in [6.45, 7) is 1.10. The zero-order valence-electron chi connectivity index (χ0n) is 14.4. The van der Waals surface area contributed by atoms with Crippen molar-refractivity contribution in [3.63, 3.8) is 0 Å². The van der Waals surface area contributed by atoms with Gasteiger partial charge in [0.2, 0.25) is 0 Å². The first-order valence-electron chi connectivity index (χ1n) is 8.70. The molecule has 1 aromatic heterocycles. The molecule has 0 spiro atoms. The highest BCUT2D eigenvalue weighted by Crippen LogP contribution is 2.28. The van der Waals surface area contributed by atoms with Gasteiger partial charge in [0, 0.05) is 35.0 Å². The number of ether oxygens (including phenoxy) is 1. The maximum Gasteiger partial charge on any atom is 0.121 e. The molecule has 130 valence electrons. The van der Waals surface area contributed by atoms with Crippen molar-refractivity contribution in [2.75, 3.05) is 13.2 Å². The molecule has 2 N–H and O–H groups in total. The summed E-state index contributed by atoms with van der Waals surface area (Å²) in [5.74, 6) is 1.14. The minimum Gasteiger partial charge on any atom is -0.508 e. The molecular formula is C22H20N2O2. The molecule has 4 nitrogen and oxygen atoms in total. The zero-order chi connectivity index (χ0) is 17.8. The van der Waals surface area contributed by atoms with Gasteiger partial charge in [-0.15, -0.1) is 0 Å². The molecule has 0 saturated carbocycles. The van der Waals surface area contributed by atoms with Crippen molar-refractivity contribution in [1.29, 1.82) is 0 Å². The average Bonchev–Trinajstić information content (AvgIpc) is 3.03. The number of H-pyrrole nitrogens is 1. The SMILES string of the molecule is Oc1ccccc1CC=NCCOc1ccc2c(c1)[nH]c1ccccc12. The molecule has 0 bridgehead atoms. The molecule has 0 aliphatic carbocycles. The van der Waals surface area contributed by atoms with Crippen LogP contribution in [0.15, 0.2) is 71.7 Å². The van der Waals surface area contributed by atoms with Crippen LogP contribution in [-0.2, 0) is 6.42 Å². The fourth-order valence-electron chi connectivity index (χ4n) is 3.08. The number of para-hydroxylation sites is 2. The predicted molar refractivity (Wildman–Crippen MR) is 106 cm³/mol. The molecule has 4 heteroatoms. The second kappa shape index (κ2) is 7.31. The van der Waals surface area contributed by atoms with Crippen molar-refractivity contribution in [2.45, 2.75) is 6.42 Å². The van der Waals surface area contributed by atoms with E-state index in [4.69, 9.17) is 4.74 Å². The minimum atomic E-state index is 0.307. The van der Waals surface area contributed by atoms with E-state index in [9.17, 15) is 5.11 Å². The van der Waals surface area contributed by atoms with Gasteiger partial charge in [-0.2, -0.15) is 0 Å². The van der Waals surface area contributed by atoms with Crippen LogP contribution in [0.2, 0.25) is 0 Å². The van der Waals surface area contributed by atoms with Gasteiger partial charge in [-0.25, -0.2) is 0 Å². The normalized spacial score (nSPS) is 11.5. The second-order valence-corrected chi connectivity index (χ2v) is 6.15. The Hall–Kier alpha value is -3.27. The minimum absolute atomic E-state index is 0.307. The fourth-order valence-corrected chi connectivity index (χ4v) is 3.08. The van der Waals surface area contributed by atoms with Gasteiger partial charge in [-0.3, -0.25) is 4.99 Å². The summed E-state index contributed by atoms with van der Waals surface area (Å²) in [6, 6.07) is 21.7. The number of hydrogen-bond acceptors (Lipinski definition) is 3. The lowest BCUT2D eigenvalue weighted by molar-refractivity contribution is 0.329. The fraction of sp³-hybridized carbons (Fsp3) is 0.136. The van der Waals surface area contributed by atoms with E-state index in [1.54, 1.807) is 6.07 Å². The number of aromatic hydroxyl groups is 1. The number of rotatable bonds is 6. The van der Waals surface area contributed by atoms with Crippen molar-refractivity contribution in [2.24, 2.45) is 4.99 Å². The second-order valence-electron chi connectivity index (χ2n) is 6.15. The first kappa shape index (κ1) is 16.2. The summed E-state index contributed by atoms with van der Waals surface area (Å²) < 4.78 is 5.80. The lowest BCUT2D eigenvalue weighted by Crippen LogP contribution is -2.01. The van der Waals surface area contributed by atoms with Gasteiger partial charge in [0.05, 0.1) is 12.1 Å². The Morgan fingerprint density at radius 3 is 2.65 bits per heavy atom. The van der Waals surface area contributed by atoms with E-state index in [2.05, 4.69) is 28.2 Å². The van der Waals surface area contributed by atoms with Gasteiger partial charge in [-0.1, -0.05) is 36.4 Å². The highest BCUT2D eigenvalue weighted by Gasteiger charge is 2.04. The molecule has 26 heavy (non-hydrogen) atoms. The lowest BCUT2D eigenvalue weighted by atomic mass is 10.1. The number of hydrogen-bond donors (Lipinski definition) is 2. The van der Waals surface area contributed by atoms with E-state index < -0.39 is 0 Å². The Balaban J connectivity index is 1.34. The zero-order valence-corrected chi connectivity index (χ0v) is 14.4. The number of benzene rings is 3. The van der Waals surface area contributed by atoms with Crippen LogP contribution in [-0.4, -0.2) is 29.5 Å². The van der Waals surface area contributed by atoms with Crippen molar-refractivity contribution >= 4 is 28.0 Å². The van der Waals surface area contributed by atoms with Gasteiger partial charge in [-0.05, 0) is 29.8 Å². The summed E-state index contributed by atoms with van der Waals surface area (Å²) in [7, 11) is 0. The molecule has 0 radical (unpaired) electrons. The van der Waals surface area contributed by atoms with E-state index in [1.165, 1.54) is 10.8 Å². The quantitative estimate of drug-likeness (QED) is 0.393. The van der Waals surface area contributed by atoms with Crippen LogP contribution in [0.3, 0.4) is 0 Å². The third-order valence-electron chi connectivity index (χ3n) is 4.40. The van der Waals surface area contributed by atoms with Crippen LogP contribution >= 0.6 is 0 Å². The van der Waals surface area contributed by atoms with Gasteiger partial charge in [0.1, 0.15) is 18.1 Å². The number of phenols is 1. The molecule has 4 rings (SSSR count). The number of fused-ring (bicyclic) bond motifs is 3. The third kappa shape index (κ3) is 3.40. The van der Waals surface area contributed by atoms with Gasteiger partial charge >= 0.3 is 0 Å². The van der Waals surface area contributed by atoms with Crippen molar-refractivity contribution < 1.29 is 9.84 Å². The van der Waals surface area contributed by atoms with E-state index in [0.29, 0.717) is 25.3 Å². The topological polar surface area (TPSA) is 57.6 Å². The summed E-state index contributed by atoms with van der Waals surface area (Å²) in [5.41, 5.74) is 3.08. The van der Waals surface area contributed by atoms with Crippen molar-refractivity contribution in [3.05, 3.63) is 72.3 Å². The molecule has 1 heterocycles. The maximum atomic E-state index is 9.71. The standard InChI is InChI=1S/C22H20N2O2/c25-22-8-4-1-5-16(22)11-12-23-13-14-26-17-9-10-19-18-6-2-3-7-20(18)24-21(19)15-17/h1-10,12,15,24-25H,11,13-14H2. The lowest BCUT2D eigenvalue weighted by Gasteiger charge is -2.04. The monoisotopic (exact) mass is 344 g/mol. The number of aromatic nitrogens is 1. The molecule has 0 saturated heterocycles. The predicted octanol–water partition coefficient (Wildman–Crippen LogP) is 4.72. The Bertz CT molecular complexity index is 1070. The van der Waals surface area contributed by atoms with Crippen LogP contribution in [0, 0.1) is 0 Å². The first-order valence-corrected chi connectivity index (χ1v) is 8.70. The highest BCUT2D eigenvalue weighted by atomic mass is 16.5. The largest absolute Gasteiger partial charge is 0.508 e. The van der Waals surface area contributed by atoms with Crippen LogP contribution in [0.25, 0.3) is 21.8 Å². The van der Waals surface area contributed by atoms with Crippen LogP contribution < -0.4 is 4.74 Å². The molecule has 0 amide bonds. The molecule has 4 aromatic rings. The van der Waals surface area contributed by atoms with Crippen molar-refractivity contribution in [3.8, 4) is 11.5 Å². The molecule has 3 aromatic carbocycles.